The SMILES string of the molecule is CSCCn1c(=NC(=O)c2ccnn2C)sc2cc3c(cc21)OCCO3. The molecule has 2 aromatic heterocycles. The zero-order valence-corrected chi connectivity index (χ0v) is 16.1. The first-order chi connectivity index (χ1) is 12.7. The van der Waals surface area contributed by atoms with Crippen LogP contribution in [-0.2, 0) is 13.6 Å². The third kappa shape index (κ3) is 3.12. The highest BCUT2D eigenvalue weighted by Crippen LogP contribution is 2.35. The van der Waals surface area contributed by atoms with Crippen LogP contribution in [0.1, 0.15) is 10.5 Å². The van der Waals surface area contributed by atoms with Gasteiger partial charge in [-0.2, -0.15) is 21.9 Å². The maximum absolute atomic E-state index is 12.6. The van der Waals surface area contributed by atoms with Gasteiger partial charge in [-0.25, -0.2) is 0 Å². The van der Waals surface area contributed by atoms with Gasteiger partial charge in [-0.05, 0) is 12.3 Å². The lowest BCUT2D eigenvalue weighted by atomic mass is 10.2. The zero-order valence-electron chi connectivity index (χ0n) is 14.5. The third-order valence-corrected chi connectivity index (χ3v) is 5.73. The van der Waals surface area contributed by atoms with Crippen LogP contribution in [0.2, 0.25) is 0 Å². The molecular weight excluding hydrogens is 372 g/mol. The van der Waals surface area contributed by atoms with Crippen LogP contribution in [0.25, 0.3) is 10.2 Å². The van der Waals surface area contributed by atoms with Gasteiger partial charge in [0.15, 0.2) is 16.3 Å². The summed E-state index contributed by atoms with van der Waals surface area (Å²) in [5, 5.41) is 4.04. The molecule has 3 aromatic rings. The van der Waals surface area contributed by atoms with E-state index in [0.29, 0.717) is 23.7 Å². The molecule has 0 atom stereocenters. The number of carbonyl (C=O) groups is 1. The molecule has 9 heteroatoms. The maximum atomic E-state index is 12.6. The highest BCUT2D eigenvalue weighted by Gasteiger charge is 2.17. The number of carbonyl (C=O) groups excluding carboxylic acids is 1. The topological polar surface area (TPSA) is 70.6 Å². The van der Waals surface area contributed by atoms with Crippen LogP contribution in [0, 0.1) is 0 Å². The minimum atomic E-state index is -0.299. The number of thioether (sulfide) groups is 1. The molecule has 7 nitrogen and oxygen atoms in total. The first kappa shape index (κ1) is 17.2. The van der Waals surface area contributed by atoms with Crippen molar-refractivity contribution in [2.24, 2.45) is 12.0 Å². The molecule has 4 rings (SSSR count). The van der Waals surface area contributed by atoms with E-state index in [2.05, 4.69) is 20.9 Å². The van der Waals surface area contributed by atoms with Gasteiger partial charge in [0, 0.05) is 37.7 Å². The van der Waals surface area contributed by atoms with E-state index in [-0.39, 0.29) is 5.91 Å². The number of ether oxygens (including phenoxy) is 2. The van der Waals surface area contributed by atoms with Gasteiger partial charge >= 0.3 is 0 Å². The molecule has 1 amide bonds. The van der Waals surface area contributed by atoms with Crippen LogP contribution in [0.15, 0.2) is 29.4 Å². The Morgan fingerprint density at radius 2 is 2.12 bits per heavy atom. The Morgan fingerprint density at radius 3 is 2.81 bits per heavy atom. The highest BCUT2D eigenvalue weighted by molar-refractivity contribution is 7.98. The first-order valence-electron chi connectivity index (χ1n) is 8.16. The van der Waals surface area contributed by atoms with Crippen LogP contribution >= 0.6 is 23.1 Å². The molecule has 0 aliphatic carbocycles. The summed E-state index contributed by atoms with van der Waals surface area (Å²) >= 11 is 3.23. The second-order valence-corrected chi connectivity index (χ2v) is 7.74. The standard InChI is InChI=1S/C17H18N4O3S2/c1-20-11(3-4-18-20)16(22)19-17-21(5-8-25-2)12-9-13-14(10-15(12)26-17)24-7-6-23-13/h3-4,9-10H,5-8H2,1-2H3. The summed E-state index contributed by atoms with van der Waals surface area (Å²) in [5.74, 6) is 2.11. The van der Waals surface area contributed by atoms with Crippen molar-refractivity contribution in [3.8, 4) is 11.5 Å². The highest BCUT2D eigenvalue weighted by atomic mass is 32.2. The normalized spacial score (nSPS) is 14.2. The number of rotatable bonds is 4. The van der Waals surface area contributed by atoms with Crippen LogP contribution in [0.3, 0.4) is 0 Å². The van der Waals surface area contributed by atoms with Crippen molar-refractivity contribution >= 4 is 39.2 Å². The lowest BCUT2D eigenvalue weighted by molar-refractivity contribution is 0.0989. The Balaban J connectivity index is 1.86. The van der Waals surface area contributed by atoms with E-state index in [1.165, 1.54) is 16.0 Å². The van der Waals surface area contributed by atoms with Gasteiger partial charge in [0.1, 0.15) is 18.9 Å². The van der Waals surface area contributed by atoms with E-state index in [1.54, 1.807) is 31.1 Å². The van der Waals surface area contributed by atoms with Crippen molar-refractivity contribution in [1.82, 2.24) is 14.3 Å². The van der Waals surface area contributed by atoms with Gasteiger partial charge in [0.05, 0.1) is 10.2 Å². The van der Waals surface area contributed by atoms with E-state index >= 15 is 0 Å². The Kier molecular flexibility index (Phi) is 4.73. The fraction of sp³-hybridized carbons (Fsp3) is 0.353. The molecule has 0 saturated heterocycles. The third-order valence-electron chi connectivity index (χ3n) is 4.10. The molecule has 0 radical (unpaired) electrons. The summed E-state index contributed by atoms with van der Waals surface area (Å²) in [6.45, 7) is 1.86. The molecule has 1 aliphatic heterocycles. The van der Waals surface area contributed by atoms with E-state index in [4.69, 9.17) is 9.47 Å². The number of hydrogen-bond donors (Lipinski definition) is 0. The number of nitrogens with zero attached hydrogens (tertiary/aromatic N) is 4. The molecule has 0 spiro atoms. The second kappa shape index (κ2) is 7.16. The predicted octanol–water partition coefficient (Wildman–Crippen LogP) is 2.31. The fourth-order valence-electron chi connectivity index (χ4n) is 2.82. The van der Waals surface area contributed by atoms with E-state index in [1.807, 2.05) is 12.1 Å². The van der Waals surface area contributed by atoms with Gasteiger partial charge in [-0.15, -0.1) is 0 Å². The molecule has 136 valence electrons. The summed E-state index contributed by atoms with van der Waals surface area (Å²) in [6, 6.07) is 5.62. The summed E-state index contributed by atoms with van der Waals surface area (Å²) in [6.07, 6.45) is 3.66. The summed E-state index contributed by atoms with van der Waals surface area (Å²) in [4.78, 5) is 17.6. The number of hydrogen-bond acceptors (Lipinski definition) is 6. The number of amides is 1. The molecule has 1 aromatic carbocycles. The van der Waals surface area contributed by atoms with Gasteiger partial charge in [-0.3, -0.25) is 9.48 Å². The van der Waals surface area contributed by atoms with Crippen LogP contribution in [-0.4, -0.2) is 45.5 Å². The number of benzene rings is 1. The molecule has 1 aliphatic rings. The molecule has 3 heterocycles. The lowest BCUT2D eigenvalue weighted by Gasteiger charge is -2.18. The molecule has 0 unspecified atom stereocenters. The average Bonchev–Trinajstić information content (AvgIpc) is 3.21. The van der Waals surface area contributed by atoms with Gasteiger partial charge in [-0.1, -0.05) is 11.3 Å². The second-order valence-electron chi connectivity index (χ2n) is 5.75. The van der Waals surface area contributed by atoms with Crippen LogP contribution < -0.4 is 14.3 Å². The number of aromatic nitrogens is 3. The number of aryl methyl sites for hydroxylation is 2. The minimum absolute atomic E-state index is 0.299. The Bertz CT molecular complexity index is 1030. The molecule has 0 saturated carbocycles. The van der Waals surface area contributed by atoms with Crippen molar-refractivity contribution in [2.75, 3.05) is 25.2 Å². The molecule has 0 N–H and O–H groups in total. The molecule has 0 bridgehead atoms. The monoisotopic (exact) mass is 390 g/mol. The van der Waals surface area contributed by atoms with Gasteiger partial charge < -0.3 is 14.0 Å². The zero-order chi connectivity index (χ0) is 18.1. The van der Waals surface area contributed by atoms with Crippen molar-refractivity contribution in [3.63, 3.8) is 0 Å². The minimum Gasteiger partial charge on any atom is -0.486 e. The summed E-state index contributed by atoms with van der Waals surface area (Å²) < 4.78 is 16.0. The van der Waals surface area contributed by atoms with Crippen molar-refractivity contribution in [3.05, 3.63) is 34.9 Å². The van der Waals surface area contributed by atoms with Gasteiger partial charge in [0.25, 0.3) is 5.91 Å². The Labute approximate surface area is 158 Å². The molecular formula is C17H18N4O3S2. The Morgan fingerprint density at radius 1 is 1.35 bits per heavy atom. The van der Waals surface area contributed by atoms with E-state index < -0.39 is 0 Å². The largest absolute Gasteiger partial charge is 0.486 e. The molecule has 0 fully saturated rings. The van der Waals surface area contributed by atoms with E-state index in [9.17, 15) is 4.79 Å². The van der Waals surface area contributed by atoms with Crippen LogP contribution in [0.5, 0.6) is 11.5 Å². The molecule has 26 heavy (non-hydrogen) atoms. The maximum Gasteiger partial charge on any atom is 0.297 e. The van der Waals surface area contributed by atoms with Gasteiger partial charge in [0.2, 0.25) is 0 Å². The fourth-order valence-corrected chi connectivity index (χ4v) is 4.25. The lowest BCUT2D eigenvalue weighted by Crippen LogP contribution is -2.19. The van der Waals surface area contributed by atoms with Crippen molar-refractivity contribution in [2.45, 2.75) is 6.54 Å². The average molecular weight is 390 g/mol. The summed E-state index contributed by atoms with van der Waals surface area (Å²) in [7, 11) is 1.73. The first-order valence-corrected chi connectivity index (χ1v) is 10.4. The quantitative estimate of drug-likeness (QED) is 0.684. The summed E-state index contributed by atoms with van der Waals surface area (Å²) in [5.41, 5.74) is 1.47. The smallest absolute Gasteiger partial charge is 0.297 e. The van der Waals surface area contributed by atoms with Crippen LogP contribution in [0.4, 0.5) is 0 Å². The van der Waals surface area contributed by atoms with Crippen molar-refractivity contribution in [1.29, 1.82) is 0 Å². The van der Waals surface area contributed by atoms with Crippen molar-refractivity contribution < 1.29 is 14.3 Å². The number of fused-ring (bicyclic) bond motifs is 2. The van der Waals surface area contributed by atoms with E-state index in [0.717, 1.165) is 34.0 Å². The number of thiazole rings is 1. The predicted molar refractivity (Wildman–Crippen MR) is 102 cm³/mol. The Hall–Kier alpha value is -2.26.